The van der Waals surface area contributed by atoms with Gasteiger partial charge in [0.05, 0.1) is 36.6 Å². The maximum Gasteiger partial charge on any atom is 0.338 e. The molecule has 2 aromatic heterocycles. The molecule has 1 aliphatic rings. The van der Waals surface area contributed by atoms with E-state index in [0.717, 1.165) is 4.88 Å². The van der Waals surface area contributed by atoms with Crippen LogP contribution in [0.3, 0.4) is 0 Å². The quantitative estimate of drug-likeness (QED) is 0.349. The number of methoxy groups -OCH3 is 3. The van der Waals surface area contributed by atoms with Crippen molar-refractivity contribution < 1.29 is 23.7 Å². The molecule has 0 fully saturated rings. The van der Waals surface area contributed by atoms with Crippen LogP contribution in [0.15, 0.2) is 56.8 Å². The van der Waals surface area contributed by atoms with Crippen LogP contribution in [-0.2, 0) is 14.3 Å². The van der Waals surface area contributed by atoms with Crippen molar-refractivity contribution in [1.82, 2.24) is 4.57 Å². The molecular weight excluding hydrogens is 476 g/mol. The van der Waals surface area contributed by atoms with Gasteiger partial charge in [0.15, 0.2) is 4.80 Å². The number of esters is 1. The van der Waals surface area contributed by atoms with Crippen molar-refractivity contribution >= 4 is 34.7 Å². The van der Waals surface area contributed by atoms with Crippen LogP contribution in [0.2, 0.25) is 0 Å². The number of hydrogen-bond acceptors (Lipinski definition) is 9. The van der Waals surface area contributed by atoms with Crippen LogP contribution < -0.4 is 24.4 Å². The van der Waals surface area contributed by atoms with E-state index in [1.54, 1.807) is 50.0 Å². The Bertz CT molecular complexity index is 1400. The molecule has 0 aliphatic carbocycles. The zero-order chi connectivity index (χ0) is 24.2. The number of thiophene rings is 1. The van der Waals surface area contributed by atoms with E-state index >= 15 is 0 Å². The van der Waals surface area contributed by atoms with E-state index in [0.29, 0.717) is 37.7 Å². The van der Waals surface area contributed by atoms with E-state index in [9.17, 15) is 9.59 Å². The molecule has 34 heavy (non-hydrogen) atoms. The third kappa shape index (κ3) is 4.56. The highest BCUT2D eigenvalue weighted by molar-refractivity contribution is 7.10. The van der Waals surface area contributed by atoms with Crippen LogP contribution in [0.4, 0.5) is 0 Å². The molecule has 8 nitrogen and oxygen atoms in total. The summed E-state index contributed by atoms with van der Waals surface area (Å²) in [7, 11) is 4.69. The lowest BCUT2D eigenvalue weighted by Gasteiger charge is -2.23. The highest BCUT2D eigenvalue weighted by Gasteiger charge is 2.34. The van der Waals surface area contributed by atoms with Crippen LogP contribution in [0.5, 0.6) is 11.5 Å². The van der Waals surface area contributed by atoms with E-state index in [1.807, 2.05) is 17.5 Å². The fraction of sp³-hybridized carbons (Fsp3) is 0.292. The summed E-state index contributed by atoms with van der Waals surface area (Å²) in [6, 6.07) is 8.55. The van der Waals surface area contributed by atoms with Gasteiger partial charge in [0.1, 0.15) is 24.1 Å². The number of aromatic nitrogens is 1. The first-order chi connectivity index (χ1) is 16.5. The predicted octanol–water partition coefficient (Wildman–Crippen LogP) is 2.50. The van der Waals surface area contributed by atoms with Gasteiger partial charge in [-0.25, -0.2) is 9.79 Å². The number of benzene rings is 1. The molecule has 0 bridgehead atoms. The number of thiazole rings is 1. The summed E-state index contributed by atoms with van der Waals surface area (Å²) in [5.41, 5.74) is 1.32. The van der Waals surface area contributed by atoms with Crippen LogP contribution in [0, 0.1) is 0 Å². The van der Waals surface area contributed by atoms with Crippen molar-refractivity contribution in [3.05, 3.63) is 77.1 Å². The molecule has 10 heteroatoms. The largest absolute Gasteiger partial charge is 0.497 e. The smallest absolute Gasteiger partial charge is 0.338 e. The third-order valence-corrected chi connectivity index (χ3v) is 7.21. The molecule has 0 N–H and O–H groups in total. The Balaban J connectivity index is 1.87. The molecule has 1 unspecified atom stereocenters. The number of rotatable bonds is 8. The second kappa shape index (κ2) is 10.4. The summed E-state index contributed by atoms with van der Waals surface area (Å²) >= 11 is 2.73. The lowest BCUT2D eigenvalue weighted by atomic mass is 10.0. The standard InChI is InChI=1S/C24H24N2O6S2/c1-14-20(23(28)32-10-9-29-2)21(18-6-5-11-33-18)26-22(27)19(34-24(26)25-14)13-15-12-16(30-3)7-8-17(15)31-4/h5-8,11-13,21H,9-10H2,1-4H3. The summed E-state index contributed by atoms with van der Waals surface area (Å²) in [4.78, 5) is 32.6. The Kier molecular flexibility index (Phi) is 7.30. The fourth-order valence-corrected chi connectivity index (χ4v) is 5.55. The maximum atomic E-state index is 13.6. The number of fused-ring (bicyclic) bond motifs is 1. The highest BCUT2D eigenvalue weighted by atomic mass is 32.1. The first-order valence-electron chi connectivity index (χ1n) is 10.4. The SMILES string of the molecule is COCCOC(=O)C1=C(C)N=c2sc(=Cc3cc(OC)ccc3OC)c(=O)n2C1c1cccs1. The zero-order valence-electron chi connectivity index (χ0n) is 19.2. The zero-order valence-corrected chi connectivity index (χ0v) is 20.8. The Morgan fingerprint density at radius 2 is 2.00 bits per heavy atom. The molecule has 0 saturated carbocycles. The number of nitrogens with zero attached hydrogens (tertiary/aromatic N) is 2. The number of carbonyl (C=O) groups is 1. The first-order valence-corrected chi connectivity index (χ1v) is 12.1. The number of allylic oxidation sites excluding steroid dienone is 1. The topological polar surface area (TPSA) is 88.4 Å². The van der Waals surface area contributed by atoms with Crippen molar-refractivity contribution in [3.8, 4) is 11.5 Å². The highest BCUT2D eigenvalue weighted by Crippen LogP contribution is 2.33. The predicted molar refractivity (Wildman–Crippen MR) is 130 cm³/mol. The van der Waals surface area contributed by atoms with E-state index in [1.165, 1.54) is 29.8 Å². The molecular formula is C24H24N2O6S2. The Morgan fingerprint density at radius 1 is 1.18 bits per heavy atom. The minimum atomic E-state index is -0.624. The molecule has 1 aliphatic heterocycles. The summed E-state index contributed by atoms with van der Waals surface area (Å²) in [6.45, 7) is 2.16. The molecule has 0 saturated heterocycles. The molecule has 0 amide bonds. The van der Waals surface area contributed by atoms with Crippen molar-refractivity contribution in [2.75, 3.05) is 34.5 Å². The average molecular weight is 501 g/mol. The first kappa shape index (κ1) is 23.9. The molecule has 1 aromatic carbocycles. The van der Waals surface area contributed by atoms with Crippen LogP contribution in [0.25, 0.3) is 6.08 Å². The van der Waals surface area contributed by atoms with E-state index in [-0.39, 0.29) is 18.8 Å². The van der Waals surface area contributed by atoms with Gasteiger partial charge < -0.3 is 18.9 Å². The van der Waals surface area contributed by atoms with E-state index in [4.69, 9.17) is 18.9 Å². The van der Waals surface area contributed by atoms with Crippen molar-refractivity contribution in [2.24, 2.45) is 4.99 Å². The van der Waals surface area contributed by atoms with E-state index in [2.05, 4.69) is 4.99 Å². The Hall–Kier alpha value is -3.21. The fourth-order valence-electron chi connectivity index (χ4n) is 3.69. The second-order valence-corrected chi connectivity index (χ2v) is 9.32. The van der Waals surface area contributed by atoms with Gasteiger partial charge in [0.25, 0.3) is 5.56 Å². The van der Waals surface area contributed by atoms with Gasteiger partial charge >= 0.3 is 5.97 Å². The number of hydrogen-bond donors (Lipinski definition) is 0. The normalized spacial score (nSPS) is 15.6. The van der Waals surface area contributed by atoms with Gasteiger partial charge in [0.2, 0.25) is 0 Å². The summed E-state index contributed by atoms with van der Waals surface area (Å²) in [5.74, 6) is 0.744. The molecule has 3 heterocycles. The molecule has 178 valence electrons. The molecule has 1 atom stereocenters. The molecule has 3 aromatic rings. The Labute approximate surface area is 204 Å². The van der Waals surface area contributed by atoms with Gasteiger partial charge in [-0.2, -0.15) is 0 Å². The van der Waals surface area contributed by atoms with Gasteiger partial charge in [-0.1, -0.05) is 17.4 Å². The van der Waals surface area contributed by atoms with Gasteiger partial charge in [-0.05, 0) is 42.6 Å². The van der Waals surface area contributed by atoms with Gasteiger partial charge in [0, 0.05) is 17.6 Å². The lowest BCUT2D eigenvalue weighted by Crippen LogP contribution is -2.39. The molecule has 0 spiro atoms. The van der Waals surface area contributed by atoms with Gasteiger partial charge in [-0.15, -0.1) is 11.3 Å². The average Bonchev–Trinajstić information content (AvgIpc) is 3.47. The van der Waals surface area contributed by atoms with Crippen molar-refractivity contribution in [2.45, 2.75) is 13.0 Å². The van der Waals surface area contributed by atoms with Crippen molar-refractivity contribution in [1.29, 1.82) is 0 Å². The number of carbonyl (C=O) groups excluding carboxylic acids is 1. The lowest BCUT2D eigenvalue weighted by molar-refractivity contribution is -0.140. The maximum absolute atomic E-state index is 13.6. The number of ether oxygens (including phenoxy) is 4. The van der Waals surface area contributed by atoms with Crippen LogP contribution >= 0.6 is 22.7 Å². The van der Waals surface area contributed by atoms with Crippen molar-refractivity contribution in [3.63, 3.8) is 0 Å². The minimum Gasteiger partial charge on any atom is -0.497 e. The van der Waals surface area contributed by atoms with Crippen LogP contribution in [-0.4, -0.2) is 45.1 Å². The molecule has 4 rings (SSSR count). The van der Waals surface area contributed by atoms with E-state index < -0.39 is 12.0 Å². The Morgan fingerprint density at radius 3 is 2.68 bits per heavy atom. The monoisotopic (exact) mass is 500 g/mol. The summed E-state index contributed by atoms with van der Waals surface area (Å²) in [6.07, 6.45) is 1.76. The van der Waals surface area contributed by atoms with Crippen LogP contribution in [0.1, 0.15) is 23.4 Å². The molecule has 0 radical (unpaired) electrons. The third-order valence-electron chi connectivity index (χ3n) is 5.30. The minimum absolute atomic E-state index is 0.114. The summed E-state index contributed by atoms with van der Waals surface area (Å²) < 4.78 is 23.2. The van der Waals surface area contributed by atoms with Gasteiger partial charge in [-0.3, -0.25) is 9.36 Å². The summed E-state index contributed by atoms with van der Waals surface area (Å²) in [5, 5.41) is 1.91. The second-order valence-electron chi connectivity index (χ2n) is 7.33.